The van der Waals surface area contributed by atoms with E-state index in [1.54, 1.807) is 12.3 Å². The lowest BCUT2D eigenvalue weighted by molar-refractivity contribution is 0.497. The molecule has 0 saturated carbocycles. The van der Waals surface area contributed by atoms with Crippen molar-refractivity contribution in [1.82, 2.24) is 9.71 Å². The topological polar surface area (TPSA) is 48.0 Å². The Balaban J connectivity index is 2.83. The van der Waals surface area contributed by atoms with E-state index in [4.69, 9.17) is 0 Å². The van der Waals surface area contributed by atoms with Crippen LogP contribution in [0.5, 0.6) is 0 Å². The van der Waals surface area contributed by atoms with Crippen molar-refractivity contribution >= 4 is 11.4 Å². The second-order valence-corrected chi connectivity index (χ2v) is 6.83. The Morgan fingerprint density at radius 1 is 1.53 bits per heavy atom. The molecule has 0 amide bonds. The monoisotopic (exact) mass is 258 g/mol. The zero-order valence-corrected chi connectivity index (χ0v) is 11.5. The molecule has 2 unspecified atom stereocenters. The van der Waals surface area contributed by atoms with Gasteiger partial charge in [-0.25, -0.2) is 4.39 Å². The van der Waals surface area contributed by atoms with E-state index in [-0.39, 0.29) is 16.6 Å². The molecule has 1 N–H and O–H groups in total. The van der Waals surface area contributed by atoms with Crippen LogP contribution in [0.15, 0.2) is 18.3 Å². The first-order valence-corrected chi connectivity index (χ1v) is 6.79. The largest absolute Gasteiger partial charge is 0.598 e. The molecule has 0 spiro atoms. The number of nitrogens with one attached hydrogen (secondary N) is 1. The van der Waals surface area contributed by atoms with Crippen LogP contribution in [0.1, 0.15) is 45.9 Å². The summed E-state index contributed by atoms with van der Waals surface area (Å²) in [6.45, 7) is 7.53. The van der Waals surface area contributed by atoms with Crippen LogP contribution in [-0.2, 0) is 11.4 Å². The Bertz CT molecular complexity index is 368. The van der Waals surface area contributed by atoms with Gasteiger partial charge in [0.25, 0.3) is 0 Å². The molecule has 0 fully saturated rings. The number of hydrogen-bond donors (Lipinski definition) is 1. The molecule has 0 aromatic carbocycles. The summed E-state index contributed by atoms with van der Waals surface area (Å²) in [5.41, 5.74) is 0.326. The van der Waals surface area contributed by atoms with E-state index >= 15 is 0 Å². The normalized spacial score (nSPS) is 15.6. The van der Waals surface area contributed by atoms with Gasteiger partial charge in [0.05, 0.1) is 11.7 Å². The van der Waals surface area contributed by atoms with E-state index in [2.05, 4.69) is 9.71 Å². The summed E-state index contributed by atoms with van der Waals surface area (Å²) in [7, 11) is 0. The first-order valence-electron chi connectivity index (χ1n) is 5.64. The molecule has 3 nitrogen and oxygen atoms in total. The average molecular weight is 258 g/mol. The fourth-order valence-corrected chi connectivity index (χ4v) is 2.18. The maximum absolute atomic E-state index is 13.6. The van der Waals surface area contributed by atoms with Gasteiger partial charge >= 0.3 is 0 Å². The standard InChI is InChI=1S/C12H19FN2OS/c1-5-10(15-17(16)12(2,3)4)11-9(13)7-6-8-14-11/h6-8,10,15H,5H2,1-4H3. The second kappa shape index (κ2) is 5.80. The summed E-state index contributed by atoms with van der Waals surface area (Å²) in [5, 5.41) is 0. The lowest BCUT2D eigenvalue weighted by atomic mass is 10.1. The van der Waals surface area contributed by atoms with Gasteiger partial charge in [-0.05, 0) is 39.3 Å². The van der Waals surface area contributed by atoms with E-state index in [1.165, 1.54) is 6.07 Å². The zero-order chi connectivity index (χ0) is 13.1. The highest BCUT2D eigenvalue weighted by Gasteiger charge is 2.30. The SMILES string of the molecule is CCC(N[S+]([O-])C(C)(C)C)c1ncccc1F. The number of hydrogen-bond acceptors (Lipinski definition) is 3. The first kappa shape index (κ1) is 14.4. The van der Waals surface area contributed by atoms with Crippen molar-refractivity contribution in [2.75, 3.05) is 0 Å². The second-order valence-electron chi connectivity index (χ2n) is 4.83. The van der Waals surface area contributed by atoms with Crippen molar-refractivity contribution in [3.05, 3.63) is 29.8 Å². The van der Waals surface area contributed by atoms with Crippen LogP contribution in [0, 0.1) is 5.82 Å². The lowest BCUT2D eigenvalue weighted by Crippen LogP contribution is -2.41. The summed E-state index contributed by atoms with van der Waals surface area (Å²) < 4.78 is 28.1. The van der Waals surface area contributed by atoms with Gasteiger partial charge in [0.2, 0.25) is 0 Å². The van der Waals surface area contributed by atoms with E-state index in [9.17, 15) is 8.94 Å². The van der Waals surface area contributed by atoms with Gasteiger partial charge in [-0.1, -0.05) is 6.92 Å². The van der Waals surface area contributed by atoms with Crippen LogP contribution >= 0.6 is 0 Å². The Kier molecular flexibility index (Phi) is 4.91. The van der Waals surface area contributed by atoms with Crippen molar-refractivity contribution in [3.63, 3.8) is 0 Å². The fraction of sp³-hybridized carbons (Fsp3) is 0.583. The highest BCUT2D eigenvalue weighted by molar-refractivity contribution is 7.90. The van der Waals surface area contributed by atoms with Crippen molar-refractivity contribution < 1.29 is 8.94 Å². The van der Waals surface area contributed by atoms with Gasteiger partial charge in [0, 0.05) is 17.6 Å². The Hall–Kier alpha value is -0.650. The van der Waals surface area contributed by atoms with Crippen molar-refractivity contribution in [2.45, 2.75) is 44.9 Å². The first-order chi connectivity index (χ1) is 7.86. The molecule has 1 aromatic heterocycles. The van der Waals surface area contributed by atoms with Crippen molar-refractivity contribution in [1.29, 1.82) is 0 Å². The third-order valence-electron chi connectivity index (χ3n) is 2.33. The molecular weight excluding hydrogens is 239 g/mol. The summed E-state index contributed by atoms with van der Waals surface area (Å²) in [6, 6.07) is 2.59. The van der Waals surface area contributed by atoms with Crippen LogP contribution in [0.25, 0.3) is 0 Å². The number of nitrogens with zero attached hydrogens (tertiary/aromatic N) is 1. The molecular formula is C12H19FN2OS. The van der Waals surface area contributed by atoms with Gasteiger partial charge in [-0.15, -0.1) is 4.72 Å². The van der Waals surface area contributed by atoms with Gasteiger partial charge in [0.1, 0.15) is 10.6 Å². The zero-order valence-electron chi connectivity index (χ0n) is 10.7. The minimum Gasteiger partial charge on any atom is -0.598 e. The molecule has 96 valence electrons. The molecule has 1 rings (SSSR count). The Morgan fingerprint density at radius 3 is 2.65 bits per heavy atom. The minimum atomic E-state index is -1.23. The maximum Gasteiger partial charge on any atom is 0.146 e. The quantitative estimate of drug-likeness (QED) is 0.845. The number of rotatable bonds is 4. The highest BCUT2D eigenvalue weighted by Crippen LogP contribution is 2.22. The molecule has 0 saturated heterocycles. The molecule has 0 radical (unpaired) electrons. The van der Waals surface area contributed by atoms with Gasteiger partial charge in [0.15, 0.2) is 0 Å². The molecule has 1 aromatic rings. The summed E-state index contributed by atoms with van der Waals surface area (Å²) in [4.78, 5) is 4.01. The van der Waals surface area contributed by atoms with Crippen LogP contribution in [0.3, 0.4) is 0 Å². The maximum atomic E-state index is 13.6. The Morgan fingerprint density at radius 2 is 2.18 bits per heavy atom. The fourth-order valence-electron chi connectivity index (χ4n) is 1.29. The number of pyridine rings is 1. The van der Waals surface area contributed by atoms with E-state index in [0.717, 1.165) is 0 Å². The number of aromatic nitrogens is 1. The molecule has 0 bridgehead atoms. The van der Waals surface area contributed by atoms with Crippen LogP contribution in [-0.4, -0.2) is 14.3 Å². The summed E-state index contributed by atoms with van der Waals surface area (Å²) in [6.07, 6.45) is 2.18. The predicted octanol–water partition coefficient (Wildman–Crippen LogP) is 2.72. The molecule has 0 aliphatic heterocycles. The van der Waals surface area contributed by atoms with Gasteiger partial charge in [-0.3, -0.25) is 4.98 Å². The smallest absolute Gasteiger partial charge is 0.146 e. The molecule has 0 aliphatic rings. The molecule has 5 heteroatoms. The summed E-state index contributed by atoms with van der Waals surface area (Å²) >= 11 is -1.23. The molecule has 17 heavy (non-hydrogen) atoms. The van der Waals surface area contributed by atoms with Crippen molar-refractivity contribution in [2.24, 2.45) is 0 Å². The van der Waals surface area contributed by atoms with Gasteiger partial charge in [-0.2, -0.15) is 0 Å². The minimum absolute atomic E-state index is 0.323. The van der Waals surface area contributed by atoms with Gasteiger partial charge < -0.3 is 4.55 Å². The predicted molar refractivity (Wildman–Crippen MR) is 68.3 cm³/mol. The molecule has 2 atom stereocenters. The highest BCUT2D eigenvalue weighted by atomic mass is 32.2. The lowest BCUT2D eigenvalue weighted by Gasteiger charge is -2.27. The van der Waals surface area contributed by atoms with E-state index < -0.39 is 11.4 Å². The van der Waals surface area contributed by atoms with E-state index in [0.29, 0.717) is 12.1 Å². The van der Waals surface area contributed by atoms with Crippen LogP contribution < -0.4 is 4.72 Å². The van der Waals surface area contributed by atoms with Crippen LogP contribution in [0.4, 0.5) is 4.39 Å². The number of halogens is 1. The van der Waals surface area contributed by atoms with Crippen LogP contribution in [0.2, 0.25) is 0 Å². The third-order valence-corrected chi connectivity index (χ3v) is 3.94. The average Bonchev–Trinajstić information content (AvgIpc) is 2.25. The third kappa shape index (κ3) is 3.94. The van der Waals surface area contributed by atoms with Crippen molar-refractivity contribution in [3.8, 4) is 0 Å². The van der Waals surface area contributed by atoms with E-state index in [1.807, 2.05) is 27.7 Å². The summed E-state index contributed by atoms with van der Waals surface area (Å²) in [5.74, 6) is -0.363. The molecule has 0 aliphatic carbocycles. The molecule has 1 heterocycles. The Labute approximate surface area is 105 Å².